The van der Waals surface area contributed by atoms with Crippen LogP contribution in [0.1, 0.15) is 6.92 Å². The summed E-state index contributed by atoms with van der Waals surface area (Å²) in [5.74, 6) is -0.863. The van der Waals surface area contributed by atoms with E-state index in [0.717, 1.165) is 19.2 Å². The molecule has 0 saturated carbocycles. The van der Waals surface area contributed by atoms with Crippen molar-refractivity contribution in [1.29, 1.82) is 0 Å². The molecule has 0 aromatic heterocycles. The van der Waals surface area contributed by atoms with Gasteiger partial charge in [-0.15, -0.1) is 0 Å². The van der Waals surface area contributed by atoms with Gasteiger partial charge in [-0.3, -0.25) is 4.90 Å². The lowest BCUT2D eigenvalue weighted by Gasteiger charge is -2.31. The molecule has 1 aromatic carbocycles. The van der Waals surface area contributed by atoms with Crippen LogP contribution in [0.5, 0.6) is 0 Å². The summed E-state index contributed by atoms with van der Waals surface area (Å²) in [7, 11) is -3.58. The number of ether oxygens (including phenoxy) is 1. The van der Waals surface area contributed by atoms with Gasteiger partial charge in [-0.2, -0.15) is 0 Å². The Kier molecular flexibility index (Phi) is 4.62. The molecule has 0 spiro atoms. The summed E-state index contributed by atoms with van der Waals surface area (Å²) in [5.41, 5.74) is 5.29. The number of anilines is 1. The molecule has 0 bridgehead atoms. The van der Waals surface area contributed by atoms with Crippen molar-refractivity contribution < 1.29 is 17.5 Å². The first kappa shape index (κ1) is 15.2. The Morgan fingerprint density at radius 1 is 1.50 bits per heavy atom. The van der Waals surface area contributed by atoms with Gasteiger partial charge in [-0.1, -0.05) is 6.92 Å². The van der Waals surface area contributed by atoms with Crippen LogP contribution in [0.4, 0.5) is 10.1 Å². The molecule has 2 rings (SSSR count). The number of morpholine rings is 1. The van der Waals surface area contributed by atoms with Gasteiger partial charge in [0.2, 0.25) is 0 Å². The van der Waals surface area contributed by atoms with Crippen molar-refractivity contribution in [2.45, 2.75) is 17.9 Å². The van der Waals surface area contributed by atoms with Gasteiger partial charge < -0.3 is 10.5 Å². The van der Waals surface area contributed by atoms with Crippen molar-refractivity contribution in [3.8, 4) is 0 Å². The van der Waals surface area contributed by atoms with Crippen LogP contribution in [0, 0.1) is 5.82 Å². The van der Waals surface area contributed by atoms with Crippen molar-refractivity contribution in [3.05, 3.63) is 24.0 Å². The highest BCUT2D eigenvalue weighted by Gasteiger charge is 2.26. The third-order valence-electron chi connectivity index (χ3n) is 3.41. The van der Waals surface area contributed by atoms with E-state index in [1.54, 1.807) is 0 Å². The normalized spacial score (nSPS) is 21.0. The summed E-state index contributed by atoms with van der Waals surface area (Å²) in [6.07, 6.45) is -0.380. The second kappa shape index (κ2) is 6.07. The first-order chi connectivity index (χ1) is 9.42. The van der Waals surface area contributed by atoms with E-state index in [-0.39, 0.29) is 22.4 Å². The van der Waals surface area contributed by atoms with E-state index in [1.807, 2.05) is 6.92 Å². The molecule has 1 heterocycles. The molecule has 0 radical (unpaired) electrons. The zero-order valence-corrected chi connectivity index (χ0v) is 12.2. The Balaban J connectivity index is 2.12. The molecular weight excluding hydrogens is 283 g/mol. The van der Waals surface area contributed by atoms with Crippen LogP contribution >= 0.6 is 0 Å². The van der Waals surface area contributed by atoms with Crippen molar-refractivity contribution in [3.63, 3.8) is 0 Å². The zero-order valence-electron chi connectivity index (χ0n) is 11.4. The number of nitrogens with zero attached hydrogens (tertiary/aromatic N) is 1. The van der Waals surface area contributed by atoms with E-state index >= 15 is 0 Å². The summed E-state index contributed by atoms with van der Waals surface area (Å²) in [5, 5.41) is 0. The minimum Gasteiger partial charge on any atom is -0.396 e. The molecule has 0 amide bonds. The first-order valence-electron chi connectivity index (χ1n) is 6.54. The molecule has 7 heteroatoms. The first-order valence-corrected chi connectivity index (χ1v) is 8.19. The molecular formula is C13H19FN2O3S. The summed E-state index contributed by atoms with van der Waals surface area (Å²) in [4.78, 5) is 2.08. The number of hydrogen-bond acceptors (Lipinski definition) is 5. The lowest BCUT2D eigenvalue weighted by molar-refractivity contribution is -0.0145. The van der Waals surface area contributed by atoms with Crippen LogP contribution < -0.4 is 5.73 Å². The molecule has 1 fully saturated rings. The van der Waals surface area contributed by atoms with Gasteiger partial charge in [0.05, 0.1) is 29.0 Å². The van der Waals surface area contributed by atoms with Gasteiger partial charge in [0.15, 0.2) is 9.84 Å². The number of hydrogen-bond donors (Lipinski definition) is 1. The van der Waals surface area contributed by atoms with Crippen molar-refractivity contribution in [2.24, 2.45) is 0 Å². The van der Waals surface area contributed by atoms with Crippen molar-refractivity contribution in [2.75, 3.05) is 37.7 Å². The molecule has 1 unspecified atom stereocenters. The largest absolute Gasteiger partial charge is 0.396 e. The Morgan fingerprint density at radius 3 is 2.90 bits per heavy atom. The van der Waals surface area contributed by atoms with Crippen LogP contribution in [0.3, 0.4) is 0 Å². The molecule has 1 aliphatic heterocycles. The van der Waals surface area contributed by atoms with Crippen LogP contribution in [-0.2, 0) is 14.6 Å². The number of benzene rings is 1. The molecule has 1 saturated heterocycles. The topological polar surface area (TPSA) is 72.6 Å². The van der Waals surface area contributed by atoms with Gasteiger partial charge in [0, 0.05) is 13.1 Å². The fourth-order valence-electron chi connectivity index (χ4n) is 2.21. The quantitative estimate of drug-likeness (QED) is 0.837. The molecule has 112 valence electrons. The molecule has 0 aliphatic carbocycles. The Bertz CT molecular complexity index is 577. The smallest absolute Gasteiger partial charge is 0.181 e. The molecule has 1 atom stereocenters. The molecule has 1 aliphatic rings. The Hall–Kier alpha value is -1.18. The minimum atomic E-state index is -3.58. The molecule has 1 aromatic rings. The fourth-order valence-corrected chi connectivity index (χ4v) is 3.65. The highest BCUT2D eigenvalue weighted by Crippen LogP contribution is 2.19. The maximum atomic E-state index is 13.4. The zero-order chi connectivity index (χ0) is 14.8. The van der Waals surface area contributed by atoms with Gasteiger partial charge in [0.1, 0.15) is 5.82 Å². The number of halogens is 1. The summed E-state index contributed by atoms with van der Waals surface area (Å²) in [6, 6.07) is 3.56. The SMILES string of the molecule is CCN1CCOC(CS(=O)(=O)c2ccc(N)c(F)c2)C1. The maximum Gasteiger partial charge on any atom is 0.181 e. The predicted molar refractivity (Wildman–Crippen MR) is 74.7 cm³/mol. The van der Waals surface area contributed by atoms with E-state index in [1.165, 1.54) is 12.1 Å². The van der Waals surface area contributed by atoms with Crippen LogP contribution in [0.2, 0.25) is 0 Å². The van der Waals surface area contributed by atoms with Crippen molar-refractivity contribution in [1.82, 2.24) is 4.90 Å². The van der Waals surface area contributed by atoms with E-state index in [2.05, 4.69) is 4.90 Å². The van der Waals surface area contributed by atoms with Crippen molar-refractivity contribution >= 4 is 15.5 Å². The van der Waals surface area contributed by atoms with E-state index in [0.29, 0.717) is 13.2 Å². The predicted octanol–water partition coefficient (Wildman–Crippen LogP) is 0.902. The fraction of sp³-hybridized carbons (Fsp3) is 0.538. The Morgan fingerprint density at radius 2 is 2.25 bits per heavy atom. The molecule has 20 heavy (non-hydrogen) atoms. The Labute approximate surface area is 118 Å². The van der Waals surface area contributed by atoms with Crippen LogP contribution in [0.15, 0.2) is 23.1 Å². The number of nitrogens with two attached hydrogens (primary N) is 1. The van der Waals surface area contributed by atoms with Crippen LogP contribution in [-0.4, -0.2) is 51.4 Å². The monoisotopic (exact) mass is 302 g/mol. The van der Waals surface area contributed by atoms with Crippen LogP contribution in [0.25, 0.3) is 0 Å². The maximum absolute atomic E-state index is 13.4. The minimum absolute atomic E-state index is 0.0542. The van der Waals surface area contributed by atoms with E-state index in [9.17, 15) is 12.8 Å². The summed E-state index contributed by atoms with van der Waals surface area (Å²) >= 11 is 0. The average Bonchev–Trinajstić information content (AvgIpc) is 2.41. The number of rotatable bonds is 4. The van der Waals surface area contributed by atoms with Gasteiger partial charge in [0.25, 0.3) is 0 Å². The third-order valence-corrected chi connectivity index (χ3v) is 5.19. The summed E-state index contributed by atoms with van der Waals surface area (Å²) in [6.45, 7) is 4.78. The van der Waals surface area contributed by atoms with E-state index < -0.39 is 15.7 Å². The average molecular weight is 302 g/mol. The molecule has 2 N–H and O–H groups in total. The van der Waals surface area contributed by atoms with Gasteiger partial charge >= 0.3 is 0 Å². The third kappa shape index (κ3) is 3.47. The summed E-state index contributed by atoms with van der Waals surface area (Å²) < 4.78 is 43.4. The highest BCUT2D eigenvalue weighted by molar-refractivity contribution is 7.91. The number of likely N-dealkylation sites (N-methyl/N-ethyl adjacent to an activating group) is 1. The lowest BCUT2D eigenvalue weighted by atomic mass is 10.3. The highest BCUT2D eigenvalue weighted by atomic mass is 32.2. The standard InChI is InChI=1S/C13H19FN2O3S/c1-2-16-5-6-19-10(8-16)9-20(17,18)11-3-4-13(15)12(14)7-11/h3-4,7,10H,2,5-6,8-9,15H2,1H3. The van der Waals surface area contributed by atoms with Gasteiger partial charge in [-0.05, 0) is 24.7 Å². The van der Waals surface area contributed by atoms with Gasteiger partial charge in [-0.25, -0.2) is 12.8 Å². The number of nitrogen functional groups attached to an aromatic ring is 1. The second-order valence-corrected chi connectivity index (χ2v) is 6.88. The lowest BCUT2D eigenvalue weighted by Crippen LogP contribution is -2.45. The second-order valence-electron chi connectivity index (χ2n) is 4.85. The molecule has 5 nitrogen and oxygen atoms in total. The van der Waals surface area contributed by atoms with E-state index in [4.69, 9.17) is 10.5 Å². The number of sulfone groups is 1.